The molecule has 0 saturated heterocycles. The molecule has 0 atom stereocenters. The molecule has 0 amide bonds. The summed E-state index contributed by atoms with van der Waals surface area (Å²) in [5.74, 6) is 1.19. The molecule has 1 aliphatic carbocycles. The lowest BCUT2D eigenvalue weighted by Crippen LogP contribution is -2.23. The van der Waals surface area contributed by atoms with Gasteiger partial charge in [-0.2, -0.15) is 0 Å². The first-order valence-corrected chi connectivity index (χ1v) is 9.37. The average Bonchev–Trinajstić information content (AvgIpc) is 2.67. The maximum absolute atomic E-state index is 9.20. The Morgan fingerprint density at radius 3 is 2.08 bits per heavy atom. The van der Waals surface area contributed by atoms with Gasteiger partial charge >= 0.3 is 0 Å². The molecule has 2 aromatic carbocycles. The predicted molar refractivity (Wildman–Crippen MR) is 106 cm³/mol. The van der Waals surface area contributed by atoms with Gasteiger partial charge in [0.25, 0.3) is 0 Å². The van der Waals surface area contributed by atoms with Gasteiger partial charge in [-0.3, -0.25) is 10.7 Å². The van der Waals surface area contributed by atoms with E-state index in [2.05, 4.69) is 10.5 Å². The van der Waals surface area contributed by atoms with E-state index in [0.717, 1.165) is 6.42 Å². The molecule has 1 aliphatic rings. The molecule has 1 saturated carbocycles. The third-order valence-corrected chi connectivity index (χ3v) is 4.91. The average molecular weight is 379 g/mol. The minimum atomic E-state index is 0.470. The Balaban J connectivity index is 0.000000316. The Labute approximate surface area is 159 Å². The fourth-order valence-corrected chi connectivity index (χ4v) is 3.17. The molecule has 1 fully saturated rings. The first-order valence-electron chi connectivity index (χ1n) is 8.62. The van der Waals surface area contributed by atoms with Crippen LogP contribution in [-0.2, 0) is 0 Å². The Kier molecular flexibility index (Phi) is 8.81. The van der Waals surface area contributed by atoms with Crippen LogP contribution in [0.4, 0.5) is 5.69 Å². The second kappa shape index (κ2) is 11.1. The van der Waals surface area contributed by atoms with Crippen LogP contribution < -0.4 is 5.48 Å². The summed E-state index contributed by atoms with van der Waals surface area (Å²) < 4.78 is 0. The van der Waals surface area contributed by atoms with E-state index in [-0.39, 0.29) is 0 Å². The second-order valence-corrected chi connectivity index (χ2v) is 6.95. The molecular weight excluding hydrogens is 355 g/mol. The fraction of sp³-hybridized carbons (Fsp3) is 0.350. The normalized spacial score (nSPS) is 15.2. The molecule has 0 heterocycles. The van der Waals surface area contributed by atoms with Gasteiger partial charge in [-0.1, -0.05) is 91.7 Å². The highest BCUT2D eigenvalue weighted by Gasteiger charge is 2.15. The molecule has 0 unspecified atom stereocenters. The van der Waals surface area contributed by atoms with Crippen LogP contribution in [0.15, 0.2) is 59.6 Å². The summed E-state index contributed by atoms with van der Waals surface area (Å²) in [7, 11) is 0. The molecule has 0 radical (unpaired) electrons. The first-order chi connectivity index (χ1) is 12.2. The van der Waals surface area contributed by atoms with Gasteiger partial charge in [0, 0.05) is 6.42 Å². The molecule has 0 aliphatic heterocycles. The van der Waals surface area contributed by atoms with Crippen LogP contribution in [0.2, 0.25) is 10.0 Å². The molecule has 3 nitrogen and oxygen atoms in total. The lowest BCUT2D eigenvalue weighted by molar-refractivity contribution is 0.227. The summed E-state index contributed by atoms with van der Waals surface area (Å²) in [5, 5.41) is 10.2. The predicted octanol–water partition coefficient (Wildman–Crippen LogP) is 6.66. The van der Waals surface area contributed by atoms with E-state index in [0.29, 0.717) is 27.5 Å². The van der Waals surface area contributed by atoms with E-state index in [9.17, 15) is 5.21 Å². The maximum atomic E-state index is 9.20. The minimum absolute atomic E-state index is 0.470. The molecule has 0 bridgehead atoms. The molecule has 25 heavy (non-hydrogen) atoms. The zero-order valence-electron chi connectivity index (χ0n) is 14.2. The smallest absolute Gasteiger partial charge is 0.126 e. The number of hydrogen-bond acceptors (Lipinski definition) is 2. The van der Waals surface area contributed by atoms with Gasteiger partial charge in [0.1, 0.15) is 5.84 Å². The molecule has 5 heteroatoms. The van der Waals surface area contributed by atoms with Gasteiger partial charge in [0.05, 0.1) is 15.7 Å². The number of amidine groups is 1. The van der Waals surface area contributed by atoms with Crippen LogP contribution >= 0.6 is 23.2 Å². The van der Waals surface area contributed by atoms with Gasteiger partial charge in [-0.15, -0.1) is 0 Å². The Hall–Kier alpha value is -1.55. The van der Waals surface area contributed by atoms with Crippen molar-refractivity contribution < 1.29 is 5.21 Å². The Bertz CT molecular complexity index is 629. The molecule has 0 spiro atoms. The third kappa shape index (κ3) is 7.47. The van der Waals surface area contributed by atoms with Crippen molar-refractivity contribution in [3.63, 3.8) is 0 Å². The van der Waals surface area contributed by atoms with E-state index in [1.54, 1.807) is 18.2 Å². The topological polar surface area (TPSA) is 44.6 Å². The summed E-state index contributed by atoms with van der Waals surface area (Å²) in [5.41, 5.74) is 2.90. The second-order valence-electron chi connectivity index (χ2n) is 6.13. The van der Waals surface area contributed by atoms with Crippen molar-refractivity contribution in [2.45, 2.75) is 38.5 Å². The zero-order chi connectivity index (χ0) is 17.9. The van der Waals surface area contributed by atoms with Gasteiger partial charge in [-0.05, 0) is 24.1 Å². The number of aliphatic imine (C=N–C) groups is 1. The summed E-state index contributed by atoms with van der Waals surface area (Å²) in [6.45, 7) is 0. The van der Waals surface area contributed by atoms with Crippen molar-refractivity contribution in [1.82, 2.24) is 5.48 Å². The number of hydroxylamine groups is 1. The van der Waals surface area contributed by atoms with Crippen molar-refractivity contribution in [1.29, 1.82) is 0 Å². The van der Waals surface area contributed by atoms with Gasteiger partial charge in [-0.25, -0.2) is 4.99 Å². The highest BCUT2D eigenvalue weighted by atomic mass is 35.5. The number of hydrogen-bond donors (Lipinski definition) is 2. The quantitative estimate of drug-likeness (QED) is 0.356. The fourth-order valence-electron chi connectivity index (χ4n) is 2.88. The van der Waals surface area contributed by atoms with E-state index in [4.69, 9.17) is 23.2 Å². The number of nitrogens with one attached hydrogen (secondary N) is 1. The van der Waals surface area contributed by atoms with Crippen LogP contribution in [0.5, 0.6) is 0 Å². The SMILES string of the molecule is ONC(CC1CCCCC1)=Nc1ccc(Cl)c(Cl)c1.c1ccccc1. The van der Waals surface area contributed by atoms with Crippen LogP contribution in [-0.4, -0.2) is 11.0 Å². The van der Waals surface area contributed by atoms with E-state index >= 15 is 0 Å². The maximum Gasteiger partial charge on any atom is 0.126 e. The molecule has 134 valence electrons. The molecule has 0 aromatic heterocycles. The highest BCUT2D eigenvalue weighted by molar-refractivity contribution is 6.42. The monoisotopic (exact) mass is 378 g/mol. The van der Waals surface area contributed by atoms with Crippen LogP contribution in [0.1, 0.15) is 38.5 Å². The van der Waals surface area contributed by atoms with Crippen molar-refractivity contribution in [3.05, 3.63) is 64.6 Å². The standard InChI is InChI=1S/C14H18Cl2N2O.C6H6/c15-12-7-6-11(9-13(12)16)17-14(18-19)8-10-4-2-1-3-5-10;1-2-4-6-5-3-1/h6-7,9-10,19H,1-5,8H2,(H,17,18);1-6H. The number of nitrogens with zero attached hydrogens (tertiary/aromatic N) is 1. The Morgan fingerprint density at radius 1 is 0.960 bits per heavy atom. The minimum Gasteiger partial charge on any atom is -0.290 e. The highest BCUT2D eigenvalue weighted by Crippen LogP contribution is 2.29. The van der Waals surface area contributed by atoms with Crippen molar-refractivity contribution in [2.75, 3.05) is 0 Å². The first kappa shape index (κ1) is 19.8. The van der Waals surface area contributed by atoms with Crippen LogP contribution in [0.3, 0.4) is 0 Å². The zero-order valence-corrected chi connectivity index (χ0v) is 15.7. The number of benzene rings is 2. The summed E-state index contributed by atoms with van der Waals surface area (Å²) >= 11 is 11.8. The van der Waals surface area contributed by atoms with E-state index in [1.165, 1.54) is 32.1 Å². The molecule has 2 aromatic rings. The third-order valence-electron chi connectivity index (χ3n) is 4.17. The lowest BCUT2D eigenvalue weighted by Gasteiger charge is -2.21. The number of rotatable bonds is 3. The Morgan fingerprint density at radius 2 is 1.56 bits per heavy atom. The number of halogens is 2. The van der Waals surface area contributed by atoms with E-state index in [1.807, 2.05) is 36.4 Å². The van der Waals surface area contributed by atoms with Crippen molar-refractivity contribution in [3.8, 4) is 0 Å². The van der Waals surface area contributed by atoms with Crippen molar-refractivity contribution >= 4 is 34.7 Å². The lowest BCUT2D eigenvalue weighted by atomic mass is 9.87. The van der Waals surface area contributed by atoms with Crippen LogP contribution in [0, 0.1) is 5.92 Å². The molecular formula is C20H24Cl2N2O. The molecule has 2 N–H and O–H groups in total. The van der Waals surface area contributed by atoms with E-state index < -0.39 is 0 Å². The van der Waals surface area contributed by atoms with Gasteiger partial charge < -0.3 is 0 Å². The largest absolute Gasteiger partial charge is 0.290 e. The summed E-state index contributed by atoms with van der Waals surface area (Å²) in [4.78, 5) is 4.39. The van der Waals surface area contributed by atoms with Gasteiger partial charge in [0.2, 0.25) is 0 Å². The molecule has 3 rings (SSSR count). The summed E-state index contributed by atoms with van der Waals surface area (Å²) in [6, 6.07) is 17.2. The van der Waals surface area contributed by atoms with Crippen LogP contribution in [0.25, 0.3) is 0 Å². The summed E-state index contributed by atoms with van der Waals surface area (Å²) in [6.07, 6.45) is 7.06. The van der Waals surface area contributed by atoms with Gasteiger partial charge in [0.15, 0.2) is 0 Å². The van der Waals surface area contributed by atoms with Crippen molar-refractivity contribution in [2.24, 2.45) is 10.9 Å².